The number of ether oxygens (including phenoxy) is 1. The van der Waals surface area contributed by atoms with Gasteiger partial charge in [0.25, 0.3) is 0 Å². The van der Waals surface area contributed by atoms with Gasteiger partial charge in [0.05, 0.1) is 13.2 Å². The van der Waals surface area contributed by atoms with Gasteiger partial charge in [-0.15, -0.1) is 0 Å². The lowest BCUT2D eigenvalue weighted by atomic mass is 9.94. The molecule has 1 saturated heterocycles. The van der Waals surface area contributed by atoms with Crippen molar-refractivity contribution in [2.24, 2.45) is 0 Å². The highest BCUT2D eigenvalue weighted by atomic mass is 16.5. The highest BCUT2D eigenvalue weighted by molar-refractivity contribution is 5.37. The first kappa shape index (κ1) is 12.6. The predicted octanol–water partition coefficient (Wildman–Crippen LogP) is 2.53. The van der Waals surface area contributed by atoms with E-state index >= 15 is 0 Å². The van der Waals surface area contributed by atoms with Crippen molar-refractivity contribution in [2.75, 3.05) is 19.8 Å². The molecule has 1 aliphatic heterocycles. The third kappa shape index (κ3) is 3.30. The smallest absolute Gasteiger partial charge is 0.0620 e. The van der Waals surface area contributed by atoms with E-state index in [1.807, 2.05) is 0 Å². The molecular formula is C15H23NO. The SMILES string of the molecule is Cc1cc(C)c(CCC2COCCN2)c(C)c1. The Morgan fingerprint density at radius 3 is 2.53 bits per heavy atom. The monoisotopic (exact) mass is 233 g/mol. The van der Waals surface area contributed by atoms with Crippen molar-refractivity contribution in [1.29, 1.82) is 0 Å². The zero-order chi connectivity index (χ0) is 12.3. The molecule has 17 heavy (non-hydrogen) atoms. The standard InChI is InChI=1S/C15H23NO/c1-11-8-12(2)15(13(3)9-11)5-4-14-10-17-7-6-16-14/h8-9,14,16H,4-7,10H2,1-3H3. The van der Waals surface area contributed by atoms with E-state index in [1.165, 1.54) is 28.7 Å². The Morgan fingerprint density at radius 1 is 1.24 bits per heavy atom. The molecule has 0 amide bonds. The van der Waals surface area contributed by atoms with E-state index < -0.39 is 0 Å². The van der Waals surface area contributed by atoms with Crippen molar-refractivity contribution in [3.05, 3.63) is 34.4 Å². The lowest BCUT2D eigenvalue weighted by Crippen LogP contribution is -2.41. The molecule has 0 spiro atoms. The highest BCUT2D eigenvalue weighted by Crippen LogP contribution is 2.19. The summed E-state index contributed by atoms with van der Waals surface area (Å²) in [4.78, 5) is 0. The fourth-order valence-corrected chi connectivity index (χ4v) is 2.73. The lowest BCUT2D eigenvalue weighted by Gasteiger charge is -2.24. The molecule has 94 valence electrons. The van der Waals surface area contributed by atoms with E-state index in [1.54, 1.807) is 0 Å². The summed E-state index contributed by atoms with van der Waals surface area (Å²) in [5, 5.41) is 3.51. The van der Waals surface area contributed by atoms with Crippen LogP contribution in [0.15, 0.2) is 12.1 Å². The number of nitrogens with one attached hydrogen (secondary N) is 1. The van der Waals surface area contributed by atoms with Crippen LogP contribution in [0.4, 0.5) is 0 Å². The minimum Gasteiger partial charge on any atom is -0.379 e. The maximum Gasteiger partial charge on any atom is 0.0620 e. The molecular weight excluding hydrogens is 210 g/mol. The van der Waals surface area contributed by atoms with Gasteiger partial charge in [-0.3, -0.25) is 0 Å². The Bertz CT molecular complexity index is 358. The van der Waals surface area contributed by atoms with Gasteiger partial charge in [0.15, 0.2) is 0 Å². The number of rotatable bonds is 3. The first-order valence-corrected chi connectivity index (χ1v) is 6.54. The fraction of sp³-hybridized carbons (Fsp3) is 0.600. The molecule has 2 heteroatoms. The Kier molecular flexibility index (Phi) is 4.19. The quantitative estimate of drug-likeness (QED) is 0.866. The minimum absolute atomic E-state index is 0.531. The Labute approximate surface area is 104 Å². The lowest BCUT2D eigenvalue weighted by molar-refractivity contribution is 0.0743. The second-order valence-electron chi connectivity index (χ2n) is 5.14. The van der Waals surface area contributed by atoms with E-state index in [0.717, 1.165) is 26.2 Å². The van der Waals surface area contributed by atoms with E-state index in [4.69, 9.17) is 4.74 Å². The van der Waals surface area contributed by atoms with Crippen molar-refractivity contribution >= 4 is 0 Å². The highest BCUT2D eigenvalue weighted by Gasteiger charge is 2.13. The van der Waals surface area contributed by atoms with Crippen LogP contribution >= 0.6 is 0 Å². The molecule has 0 aliphatic carbocycles. The zero-order valence-electron chi connectivity index (χ0n) is 11.2. The first-order chi connectivity index (χ1) is 8.16. The average molecular weight is 233 g/mol. The molecule has 1 fully saturated rings. The van der Waals surface area contributed by atoms with E-state index in [2.05, 4.69) is 38.2 Å². The molecule has 0 aromatic heterocycles. The summed E-state index contributed by atoms with van der Waals surface area (Å²) in [7, 11) is 0. The van der Waals surface area contributed by atoms with Crippen LogP contribution in [-0.4, -0.2) is 25.8 Å². The van der Waals surface area contributed by atoms with Gasteiger partial charge in [-0.25, -0.2) is 0 Å². The van der Waals surface area contributed by atoms with Gasteiger partial charge in [0.2, 0.25) is 0 Å². The molecule has 0 saturated carbocycles. The van der Waals surface area contributed by atoms with Gasteiger partial charge in [0.1, 0.15) is 0 Å². The van der Waals surface area contributed by atoms with Crippen molar-refractivity contribution < 1.29 is 4.74 Å². The summed E-state index contributed by atoms with van der Waals surface area (Å²) in [5.41, 5.74) is 5.74. The molecule has 1 heterocycles. The van der Waals surface area contributed by atoms with Crippen LogP contribution in [0.2, 0.25) is 0 Å². The normalized spacial score (nSPS) is 20.5. The van der Waals surface area contributed by atoms with E-state index in [0.29, 0.717) is 6.04 Å². The number of morpholine rings is 1. The Hall–Kier alpha value is -0.860. The Morgan fingerprint density at radius 2 is 1.94 bits per heavy atom. The minimum atomic E-state index is 0.531. The third-order valence-electron chi connectivity index (χ3n) is 3.58. The van der Waals surface area contributed by atoms with E-state index in [-0.39, 0.29) is 0 Å². The Balaban J connectivity index is 1.98. The second-order valence-corrected chi connectivity index (χ2v) is 5.14. The molecule has 1 atom stereocenters. The largest absolute Gasteiger partial charge is 0.379 e. The fourth-order valence-electron chi connectivity index (χ4n) is 2.73. The molecule has 2 rings (SSSR count). The van der Waals surface area contributed by atoms with Crippen LogP contribution < -0.4 is 5.32 Å². The van der Waals surface area contributed by atoms with Crippen LogP contribution in [0, 0.1) is 20.8 Å². The van der Waals surface area contributed by atoms with Gasteiger partial charge >= 0.3 is 0 Å². The van der Waals surface area contributed by atoms with Crippen molar-refractivity contribution in [2.45, 2.75) is 39.7 Å². The van der Waals surface area contributed by atoms with Crippen LogP contribution in [0.1, 0.15) is 28.7 Å². The van der Waals surface area contributed by atoms with Gasteiger partial charge in [0, 0.05) is 12.6 Å². The third-order valence-corrected chi connectivity index (χ3v) is 3.58. The zero-order valence-corrected chi connectivity index (χ0v) is 11.2. The van der Waals surface area contributed by atoms with E-state index in [9.17, 15) is 0 Å². The molecule has 1 N–H and O–H groups in total. The average Bonchev–Trinajstić information content (AvgIpc) is 2.29. The predicted molar refractivity (Wildman–Crippen MR) is 71.6 cm³/mol. The van der Waals surface area contributed by atoms with Crippen LogP contribution in [0.5, 0.6) is 0 Å². The topological polar surface area (TPSA) is 21.3 Å². The van der Waals surface area contributed by atoms with Crippen LogP contribution in [0.3, 0.4) is 0 Å². The first-order valence-electron chi connectivity index (χ1n) is 6.54. The van der Waals surface area contributed by atoms with Crippen molar-refractivity contribution in [1.82, 2.24) is 5.32 Å². The summed E-state index contributed by atoms with van der Waals surface area (Å²) in [5.74, 6) is 0. The number of hydrogen-bond acceptors (Lipinski definition) is 2. The van der Waals surface area contributed by atoms with Gasteiger partial charge < -0.3 is 10.1 Å². The van der Waals surface area contributed by atoms with Gasteiger partial charge in [-0.05, 0) is 50.3 Å². The summed E-state index contributed by atoms with van der Waals surface area (Å²) >= 11 is 0. The van der Waals surface area contributed by atoms with Crippen LogP contribution in [0.25, 0.3) is 0 Å². The van der Waals surface area contributed by atoms with Gasteiger partial charge in [-0.1, -0.05) is 17.7 Å². The molecule has 1 unspecified atom stereocenters. The second kappa shape index (κ2) is 5.65. The molecule has 1 aromatic carbocycles. The number of aryl methyl sites for hydroxylation is 3. The maximum absolute atomic E-state index is 5.49. The molecule has 2 nitrogen and oxygen atoms in total. The molecule has 0 radical (unpaired) electrons. The summed E-state index contributed by atoms with van der Waals surface area (Å²) in [6.45, 7) is 9.33. The maximum atomic E-state index is 5.49. The summed E-state index contributed by atoms with van der Waals surface area (Å²) < 4.78 is 5.49. The van der Waals surface area contributed by atoms with Gasteiger partial charge in [-0.2, -0.15) is 0 Å². The molecule has 1 aliphatic rings. The summed E-state index contributed by atoms with van der Waals surface area (Å²) in [6, 6.07) is 5.10. The number of benzene rings is 1. The summed E-state index contributed by atoms with van der Waals surface area (Å²) in [6.07, 6.45) is 2.32. The molecule has 1 aromatic rings. The molecule has 0 bridgehead atoms. The van der Waals surface area contributed by atoms with Crippen molar-refractivity contribution in [3.8, 4) is 0 Å². The van der Waals surface area contributed by atoms with Crippen LogP contribution in [-0.2, 0) is 11.2 Å². The van der Waals surface area contributed by atoms with Crippen molar-refractivity contribution in [3.63, 3.8) is 0 Å². The number of hydrogen-bond donors (Lipinski definition) is 1.